The molecule has 0 saturated heterocycles. The number of benzene rings is 1. The van der Waals surface area contributed by atoms with Gasteiger partial charge in [-0.15, -0.1) is 0 Å². The summed E-state index contributed by atoms with van der Waals surface area (Å²) in [6.07, 6.45) is 5.32. The normalized spacial score (nSPS) is 18.8. The maximum Gasteiger partial charge on any atom is 0.234 e. The first-order valence-electron chi connectivity index (χ1n) is 7.49. The molecule has 0 spiro atoms. The molecule has 1 aliphatic rings. The molecule has 1 aliphatic carbocycles. The highest BCUT2D eigenvalue weighted by Crippen LogP contribution is 2.35. The van der Waals surface area contributed by atoms with Crippen molar-refractivity contribution in [3.05, 3.63) is 35.9 Å². The highest BCUT2D eigenvalue weighted by Gasteiger charge is 2.42. The van der Waals surface area contributed by atoms with Crippen LogP contribution < -0.4 is 11.1 Å². The number of hydrogen-bond donors (Lipinski definition) is 3. The summed E-state index contributed by atoms with van der Waals surface area (Å²) < 4.78 is 0. The molecule has 114 valence electrons. The summed E-state index contributed by atoms with van der Waals surface area (Å²) in [6.45, 7) is 0.458. The van der Waals surface area contributed by atoms with Crippen LogP contribution >= 0.6 is 0 Å². The summed E-state index contributed by atoms with van der Waals surface area (Å²) in [4.78, 5) is 12.7. The number of nitrogens with zero attached hydrogens (tertiary/aromatic N) is 1. The fourth-order valence-corrected chi connectivity index (χ4v) is 2.97. The highest BCUT2D eigenvalue weighted by molar-refractivity contribution is 6.06. The van der Waals surface area contributed by atoms with Crippen LogP contribution in [0.4, 0.5) is 0 Å². The zero-order valence-electron chi connectivity index (χ0n) is 12.2. The number of amidine groups is 1. The predicted octanol–water partition coefficient (Wildman–Crippen LogP) is 2.39. The van der Waals surface area contributed by atoms with Crippen LogP contribution in [0.1, 0.15) is 44.1 Å². The molecule has 0 bridgehead atoms. The van der Waals surface area contributed by atoms with Gasteiger partial charge in [0.1, 0.15) is 5.41 Å². The van der Waals surface area contributed by atoms with E-state index in [1.165, 1.54) is 0 Å². The molecule has 5 heteroatoms. The fraction of sp³-hybridized carbons (Fsp3) is 0.500. The summed E-state index contributed by atoms with van der Waals surface area (Å²) in [6, 6.07) is 9.74. The van der Waals surface area contributed by atoms with Crippen molar-refractivity contribution < 1.29 is 10.0 Å². The molecule has 0 aromatic heterocycles. The van der Waals surface area contributed by atoms with Gasteiger partial charge in [0, 0.05) is 6.54 Å². The SMILES string of the molecule is NC(=NO)C1(C(=O)NCc2ccccc2)CCCCCC1. The van der Waals surface area contributed by atoms with E-state index in [4.69, 9.17) is 10.9 Å². The van der Waals surface area contributed by atoms with Crippen LogP contribution in [-0.2, 0) is 11.3 Å². The minimum atomic E-state index is -0.861. The van der Waals surface area contributed by atoms with Crippen molar-refractivity contribution in [3.63, 3.8) is 0 Å². The summed E-state index contributed by atoms with van der Waals surface area (Å²) in [5.74, 6) is -0.0986. The first-order valence-corrected chi connectivity index (χ1v) is 7.49. The average molecular weight is 289 g/mol. The quantitative estimate of drug-likeness (QED) is 0.261. The second-order valence-electron chi connectivity index (χ2n) is 5.65. The lowest BCUT2D eigenvalue weighted by Gasteiger charge is -2.29. The maximum atomic E-state index is 12.7. The second-order valence-corrected chi connectivity index (χ2v) is 5.65. The number of amides is 1. The van der Waals surface area contributed by atoms with Crippen molar-refractivity contribution in [2.75, 3.05) is 0 Å². The topological polar surface area (TPSA) is 87.7 Å². The Kier molecular flexibility index (Phi) is 5.20. The van der Waals surface area contributed by atoms with E-state index in [1.807, 2.05) is 30.3 Å². The van der Waals surface area contributed by atoms with Crippen molar-refractivity contribution in [1.82, 2.24) is 5.32 Å². The third-order valence-electron chi connectivity index (χ3n) is 4.29. The Hall–Kier alpha value is -2.04. The van der Waals surface area contributed by atoms with Gasteiger partial charge in [-0.05, 0) is 18.4 Å². The Bertz CT molecular complexity index is 492. The van der Waals surface area contributed by atoms with Crippen LogP contribution in [0.3, 0.4) is 0 Å². The first kappa shape index (κ1) is 15.4. The number of rotatable bonds is 4. The van der Waals surface area contributed by atoms with Crippen molar-refractivity contribution in [1.29, 1.82) is 0 Å². The molecule has 1 fully saturated rings. The fourth-order valence-electron chi connectivity index (χ4n) is 2.97. The number of hydrogen-bond acceptors (Lipinski definition) is 3. The van der Waals surface area contributed by atoms with Gasteiger partial charge < -0.3 is 16.3 Å². The van der Waals surface area contributed by atoms with E-state index in [-0.39, 0.29) is 11.7 Å². The van der Waals surface area contributed by atoms with Gasteiger partial charge in [0.05, 0.1) is 0 Å². The Morgan fingerprint density at radius 3 is 2.38 bits per heavy atom. The van der Waals surface area contributed by atoms with Crippen molar-refractivity contribution >= 4 is 11.7 Å². The van der Waals surface area contributed by atoms with Gasteiger partial charge in [-0.25, -0.2) is 0 Å². The molecule has 1 saturated carbocycles. The molecule has 4 N–H and O–H groups in total. The van der Waals surface area contributed by atoms with Gasteiger partial charge in [-0.1, -0.05) is 61.2 Å². The largest absolute Gasteiger partial charge is 0.409 e. The number of carbonyl (C=O) groups is 1. The van der Waals surface area contributed by atoms with Gasteiger partial charge >= 0.3 is 0 Å². The van der Waals surface area contributed by atoms with E-state index in [2.05, 4.69) is 10.5 Å². The minimum absolute atomic E-state index is 0.0370. The smallest absolute Gasteiger partial charge is 0.234 e. The Labute approximate surface area is 125 Å². The Balaban J connectivity index is 2.11. The van der Waals surface area contributed by atoms with Gasteiger partial charge in [0.2, 0.25) is 5.91 Å². The molecule has 0 atom stereocenters. The van der Waals surface area contributed by atoms with E-state index in [0.717, 1.165) is 31.2 Å². The summed E-state index contributed by atoms with van der Waals surface area (Å²) in [7, 11) is 0. The molecule has 1 aromatic rings. The first-order chi connectivity index (χ1) is 10.2. The average Bonchev–Trinajstić information content (AvgIpc) is 2.79. The molecule has 1 amide bonds. The van der Waals surface area contributed by atoms with Crippen molar-refractivity contribution in [3.8, 4) is 0 Å². The van der Waals surface area contributed by atoms with Crippen LogP contribution in [0.5, 0.6) is 0 Å². The van der Waals surface area contributed by atoms with E-state index in [9.17, 15) is 4.79 Å². The lowest BCUT2D eigenvalue weighted by molar-refractivity contribution is -0.128. The van der Waals surface area contributed by atoms with E-state index in [0.29, 0.717) is 19.4 Å². The standard InChI is InChI=1S/C16H23N3O2/c17-14(19-21)16(10-6-1-2-7-11-16)15(20)18-12-13-8-4-3-5-9-13/h3-5,8-9,21H,1-2,6-7,10-12H2,(H2,17,19)(H,18,20). The van der Waals surface area contributed by atoms with Crippen LogP contribution in [-0.4, -0.2) is 17.0 Å². The lowest BCUT2D eigenvalue weighted by atomic mass is 9.78. The number of nitrogens with one attached hydrogen (secondary N) is 1. The van der Waals surface area contributed by atoms with Crippen LogP contribution in [0.15, 0.2) is 35.5 Å². The Morgan fingerprint density at radius 1 is 1.19 bits per heavy atom. The summed E-state index contributed by atoms with van der Waals surface area (Å²) in [5.41, 5.74) is 6.04. The summed E-state index contributed by atoms with van der Waals surface area (Å²) >= 11 is 0. The van der Waals surface area contributed by atoms with E-state index >= 15 is 0 Å². The molecule has 2 rings (SSSR count). The van der Waals surface area contributed by atoms with Gasteiger partial charge in [-0.2, -0.15) is 0 Å². The van der Waals surface area contributed by atoms with Gasteiger partial charge in [-0.3, -0.25) is 4.79 Å². The zero-order valence-corrected chi connectivity index (χ0v) is 12.2. The minimum Gasteiger partial charge on any atom is -0.409 e. The molecule has 1 aromatic carbocycles. The predicted molar refractivity (Wildman–Crippen MR) is 81.8 cm³/mol. The Morgan fingerprint density at radius 2 is 1.81 bits per heavy atom. The summed E-state index contributed by atoms with van der Waals surface area (Å²) in [5, 5.41) is 15.1. The molecule has 0 radical (unpaired) electrons. The molecule has 5 nitrogen and oxygen atoms in total. The number of oxime groups is 1. The van der Waals surface area contributed by atoms with Crippen LogP contribution in [0.2, 0.25) is 0 Å². The molecule has 0 unspecified atom stereocenters. The molecule has 0 heterocycles. The molecular weight excluding hydrogens is 266 g/mol. The lowest BCUT2D eigenvalue weighted by Crippen LogP contribution is -2.49. The molecular formula is C16H23N3O2. The van der Waals surface area contributed by atoms with E-state index < -0.39 is 5.41 Å². The zero-order chi connectivity index (χ0) is 15.1. The molecule has 0 aliphatic heterocycles. The number of carbonyl (C=O) groups excluding carboxylic acids is 1. The van der Waals surface area contributed by atoms with E-state index in [1.54, 1.807) is 0 Å². The third kappa shape index (κ3) is 3.54. The molecule has 21 heavy (non-hydrogen) atoms. The third-order valence-corrected chi connectivity index (χ3v) is 4.29. The van der Waals surface area contributed by atoms with Crippen molar-refractivity contribution in [2.24, 2.45) is 16.3 Å². The van der Waals surface area contributed by atoms with Crippen LogP contribution in [0.25, 0.3) is 0 Å². The van der Waals surface area contributed by atoms with Gasteiger partial charge in [0.25, 0.3) is 0 Å². The van der Waals surface area contributed by atoms with Crippen LogP contribution in [0, 0.1) is 5.41 Å². The highest BCUT2D eigenvalue weighted by atomic mass is 16.4. The van der Waals surface area contributed by atoms with Gasteiger partial charge in [0.15, 0.2) is 5.84 Å². The number of nitrogens with two attached hydrogens (primary N) is 1. The second kappa shape index (κ2) is 7.11. The maximum absolute atomic E-state index is 12.7. The van der Waals surface area contributed by atoms with Crippen molar-refractivity contribution in [2.45, 2.75) is 45.1 Å². The monoisotopic (exact) mass is 289 g/mol.